The van der Waals surface area contributed by atoms with Gasteiger partial charge in [-0.3, -0.25) is 9.59 Å². The summed E-state index contributed by atoms with van der Waals surface area (Å²) >= 11 is 0. The number of amides is 2. The number of carbonyl (C=O) groups is 3. The Morgan fingerprint density at radius 1 is 1.03 bits per heavy atom. The number of carbonyl (C=O) groups excluding carboxylic acids is 2. The molecule has 1 aliphatic rings. The number of benzene rings is 1. The van der Waals surface area contributed by atoms with Crippen LogP contribution in [0.3, 0.4) is 0 Å². The Bertz CT molecular complexity index is 1120. The van der Waals surface area contributed by atoms with Gasteiger partial charge in [0.2, 0.25) is 0 Å². The molecule has 2 aromatic rings. The van der Waals surface area contributed by atoms with E-state index in [1.807, 2.05) is 4.72 Å². The second-order valence-corrected chi connectivity index (χ2v) is 9.03. The van der Waals surface area contributed by atoms with E-state index in [1.165, 1.54) is 31.4 Å². The quantitative estimate of drug-likeness (QED) is 0.566. The molecule has 11 heteroatoms. The van der Waals surface area contributed by atoms with E-state index in [1.54, 1.807) is 0 Å². The summed E-state index contributed by atoms with van der Waals surface area (Å²) in [6.45, 7) is 0. The van der Waals surface area contributed by atoms with Gasteiger partial charge in [-0.05, 0) is 43.2 Å². The number of hydrogen-bond donors (Lipinski definition) is 3. The zero-order chi connectivity index (χ0) is 23.3. The molecule has 2 amide bonds. The minimum absolute atomic E-state index is 0.122. The third-order valence-electron chi connectivity index (χ3n) is 5.13. The second-order valence-electron chi connectivity index (χ2n) is 7.35. The predicted octanol–water partition coefficient (Wildman–Crippen LogP) is 1.97. The highest BCUT2D eigenvalue weighted by Gasteiger charge is 2.22. The topological polar surface area (TPSA) is 152 Å². The van der Waals surface area contributed by atoms with Crippen molar-refractivity contribution in [1.82, 2.24) is 15.0 Å². The molecular weight excluding hydrogens is 438 g/mol. The van der Waals surface area contributed by atoms with Crippen molar-refractivity contribution in [1.29, 1.82) is 0 Å². The smallest absolute Gasteiger partial charge is 0.358 e. The summed E-state index contributed by atoms with van der Waals surface area (Å²) in [5, 5.41) is 12.0. The number of methoxy groups -OCH3 is 1. The lowest BCUT2D eigenvalue weighted by molar-refractivity contribution is 0.0685. The average Bonchev–Trinajstić information content (AvgIpc) is 2.79. The van der Waals surface area contributed by atoms with Crippen LogP contribution in [0.4, 0.5) is 0 Å². The number of nitrogens with one attached hydrogen (secondary N) is 2. The Balaban J connectivity index is 1.70. The summed E-state index contributed by atoms with van der Waals surface area (Å²) in [5.74, 6) is -2.82. The Kier molecular flexibility index (Phi) is 7.08. The third kappa shape index (κ3) is 5.41. The molecule has 1 saturated carbocycles. The van der Waals surface area contributed by atoms with Crippen molar-refractivity contribution in [2.45, 2.75) is 43.0 Å². The van der Waals surface area contributed by atoms with Gasteiger partial charge in [0.05, 0.1) is 17.6 Å². The van der Waals surface area contributed by atoms with Gasteiger partial charge in [0, 0.05) is 17.8 Å². The van der Waals surface area contributed by atoms with Crippen LogP contribution in [0, 0.1) is 0 Å². The molecule has 1 aromatic carbocycles. The Hall–Kier alpha value is -3.47. The van der Waals surface area contributed by atoms with E-state index in [-0.39, 0.29) is 28.2 Å². The molecule has 1 heterocycles. The van der Waals surface area contributed by atoms with Crippen LogP contribution in [0.15, 0.2) is 41.4 Å². The van der Waals surface area contributed by atoms with Crippen LogP contribution in [0.25, 0.3) is 0 Å². The normalized spacial score (nSPS) is 14.4. The molecule has 32 heavy (non-hydrogen) atoms. The largest absolute Gasteiger partial charge is 0.494 e. The van der Waals surface area contributed by atoms with Gasteiger partial charge in [-0.2, -0.15) is 0 Å². The first-order valence-electron chi connectivity index (χ1n) is 9.96. The zero-order valence-electron chi connectivity index (χ0n) is 17.3. The first-order chi connectivity index (χ1) is 15.2. The van der Waals surface area contributed by atoms with Gasteiger partial charge >= 0.3 is 5.97 Å². The zero-order valence-corrected chi connectivity index (χ0v) is 18.1. The van der Waals surface area contributed by atoms with Crippen molar-refractivity contribution >= 4 is 27.8 Å². The number of pyridine rings is 1. The number of hydrogen-bond acceptors (Lipinski definition) is 7. The van der Waals surface area contributed by atoms with Crippen LogP contribution in [0.2, 0.25) is 0 Å². The van der Waals surface area contributed by atoms with Crippen LogP contribution in [-0.2, 0) is 10.0 Å². The van der Waals surface area contributed by atoms with Crippen LogP contribution in [0.5, 0.6) is 5.75 Å². The van der Waals surface area contributed by atoms with E-state index in [0.717, 1.165) is 44.4 Å². The van der Waals surface area contributed by atoms with Crippen LogP contribution >= 0.6 is 0 Å². The molecule has 0 radical (unpaired) electrons. The summed E-state index contributed by atoms with van der Waals surface area (Å²) in [6.07, 6.45) is 6.10. The maximum absolute atomic E-state index is 12.6. The molecule has 170 valence electrons. The molecular formula is C21H23N3O7S. The average molecular weight is 461 g/mol. The fourth-order valence-electron chi connectivity index (χ4n) is 3.43. The van der Waals surface area contributed by atoms with Crippen LogP contribution in [-0.4, -0.2) is 49.4 Å². The number of ether oxygens (including phenoxy) is 1. The van der Waals surface area contributed by atoms with Crippen molar-refractivity contribution in [3.8, 4) is 5.75 Å². The maximum Gasteiger partial charge on any atom is 0.358 e. The van der Waals surface area contributed by atoms with E-state index >= 15 is 0 Å². The van der Waals surface area contributed by atoms with Gasteiger partial charge < -0.3 is 15.2 Å². The molecule has 0 spiro atoms. The van der Waals surface area contributed by atoms with Gasteiger partial charge in [0.1, 0.15) is 0 Å². The van der Waals surface area contributed by atoms with Crippen LogP contribution in [0.1, 0.15) is 63.3 Å². The Morgan fingerprint density at radius 3 is 2.28 bits per heavy atom. The number of carboxylic acid groups (broad SMARTS) is 1. The molecule has 1 fully saturated rings. The summed E-state index contributed by atoms with van der Waals surface area (Å²) in [5.41, 5.74) is -0.285. The third-order valence-corrected chi connectivity index (χ3v) is 6.48. The SMILES string of the molecule is COc1cc(C(=O)NS(=O)(=O)c2ccc(C(=O)NC3CCCCC3)cc2)cnc1C(=O)O. The fraction of sp³-hybridized carbons (Fsp3) is 0.333. The maximum atomic E-state index is 12.6. The molecule has 3 N–H and O–H groups in total. The highest BCUT2D eigenvalue weighted by molar-refractivity contribution is 7.90. The van der Waals surface area contributed by atoms with E-state index in [4.69, 9.17) is 9.84 Å². The number of aromatic carboxylic acids is 1. The lowest BCUT2D eigenvalue weighted by Gasteiger charge is -2.22. The molecule has 0 unspecified atom stereocenters. The summed E-state index contributed by atoms with van der Waals surface area (Å²) in [7, 11) is -3.04. The molecule has 1 aliphatic carbocycles. The standard InChI is InChI=1S/C21H23N3O7S/c1-31-17-11-14(12-22-18(17)21(27)28)20(26)24-32(29,30)16-9-7-13(8-10-16)19(25)23-15-5-3-2-4-6-15/h7-12,15H,2-6H2,1H3,(H,23,25)(H,24,26)(H,27,28). The lowest BCUT2D eigenvalue weighted by Crippen LogP contribution is -2.36. The van der Waals surface area contributed by atoms with E-state index in [2.05, 4.69) is 10.3 Å². The second kappa shape index (κ2) is 9.77. The molecule has 0 bridgehead atoms. The Morgan fingerprint density at radius 2 is 1.69 bits per heavy atom. The van der Waals surface area contributed by atoms with Gasteiger partial charge in [-0.15, -0.1) is 0 Å². The van der Waals surface area contributed by atoms with Gasteiger partial charge in [-0.1, -0.05) is 19.3 Å². The van der Waals surface area contributed by atoms with Gasteiger partial charge in [-0.25, -0.2) is 22.9 Å². The summed E-state index contributed by atoms with van der Waals surface area (Å²) < 4.78 is 31.9. The van der Waals surface area contributed by atoms with Crippen molar-refractivity contribution in [2.24, 2.45) is 0 Å². The van der Waals surface area contributed by atoms with E-state index < -0.39 is 27.6 Å². The first kappa shape index (κ1) is 23.2. The van der Waals surface area contributed by atoms with Crippen molar-refractivity contribution in [3.05, 3.63) is 53.3 Å². The molecule has 10 nitrogen and oxygen atoms in total. The summed E-state index contributed by atoms with van der Waals surface area (Å²) in [6, 6.07) is 6.43. The molecule has 0 atom stereocenters. The van der Waals surface area contributed by atoms with E-state index in [0.29, 0.717) is 5.56 Å². The number of rotatable bonds is 7. The highest BCUT2D eigenvalue weighted by Crippen LogP contribution is 2.20. The monoisotopic (exact) mass is 461 g/mol. The predicted molar refractivity (Wildman–Crippen MR) is 113 cm³/mol. The molecule has 0 aliphatic heterocycles. The van der Waals surface area contributed by atoms with Crippen molar-refractivity contribution in [2.75, 3.05) is 7.11 Å². The number of aromatic nitrogens is 1. The number of nitrogens with zero attached hydrogens (tertiary/aromatic N) is 1. The Labute approximate surface area is 185 Å². The van der Waals surface area contributed by atoms with E-state index in [9.17, 15) is 22.8 Å². The molecule has 1 aromatic heterocycles. The summed E-state index contributed by atoms with van der Waals surface area (Å²) in [4.78, 5) is 39.3. The minimum atomic E-state index is -4.24. The number of carboxylic acids is 1. The fourth-order valence-corrected chi connectivity index (χ4v) is 4.40. The highest BCUT2D eigenvalue weighted by atomic mass is 32.2. The van der Waals surface area contributed by atoms with Gasteiger partial charge in [0.15, 0.2) is 11.4 Å². The van der Waals surface area contributed by atoms with Crippen molar-refractivity contribution in [3.63, 3.8) is 0 Å². The number of sulfonamides is 1. The molecule has 3 rings (SSSR count). The first-order valence-corrected chi connectivity index (χ1v) is 11.4. The van der Waals surface area contributed by atoms with Crippen molar-refractivity contribution < 1.29 is 32.6 Å². The van der Waals surface area contributed by atoms with Gasteiger partial charge in [0.25, 0.3) is 21.8 Å². The minimum Gasteiger partial charge on any atom is -0.494 e. The molecule has 0 saturated heterocycles. The van der Waals surface area contributed by atoms with Crippen LogP contribution < -0.4 is 14.8 Å². The lowest BCUT2D eigenvalue weighted by atomic mass is 9.95.